The first-order valence-corrected chi connectivity index (χ1v) is 7.82. The molecular weight excluding hydrogens is 313 g/mol. The average Bonchev–Trinajstić information content (AvgIpc) is 2.79. The fourth-order valence-electron chi connectivity index (χ4n) is 2.52. The van der Waals surface area contributed by atoms with Crippen LogP contribution in [0.1, 0.15) is 11.1 Å². The summed E-state index contributed by atoms with van der Waals surface area (Å²) in [6.07, 6.45) is 2.11. The minimum atomic E-state index is 0.210. The van der Waals surface area contributed by atoms with Crippen LogP contribution in [-0.2, 0) is 12.8 Å². The molecular formula is C13H8ClN3Se. The van der Waals surface area contributed by atoms with Gasteiger partial charge in [-0.25, -0.2) is 0 Å². The van der Waals surface area contributed by atoms with Gasteiger partial charge in [-0.2, -0.15) is 0 Å². The number of nitrogens with zero attached hydrogens (tertiary/aromatic N) is 3. The summed E-state index contributed by atoms with van der Waals surface area (Å²) in [4.78, 5) is 0. The fraction of sp³-hybridized carbons (Fsp3) is 0.154. The van der Waals surface area contributed by atoms with E-state index in [-0.39, 0.29) is 14.5 Å². The van der Waals surface area contributed by atoms with Crippen molar-refractivity contribution in [1.29, 1.82) is 0 Å². The monoisotopic (exact) mass is 321 g/mol. The number of aryl methyl sites for hydroxylation is 2. The van der Waals surface area contributed by atoms with Crippen molar-refractivity contribution in [2.75, 3.05) is 0 Å². The minimum absolute atomic E-state index is 0.210. The topological polar surface area (TPSA) is 38.7 Å². The summed E-state index contributed by atoms with van der Waals surface area (Å²) in [6, 6.07) is 8.61. The molecule has 18 heavy (non-hydrogen) atoms. The summed E-state index contributed by atoms with van der Waals surface area (Å²) in [7, 11) is 0. The third-order valence-electron chi connectivity index (χ3n) is 3.35. The van der Waals surface area contributed by atoms with Crippen molar-refractivity contribution in [3.8, 4) is 10.0 Å². The molecule has 1 aliphatic rings. The number of fused-ring (bicyclic) bond motifs is 5. The van der Waals surface area contributed by atoms with Crippen molar-refractivity contribution in [2.24, 2.45) is 0 Å². The first-order chi connectivity index (χ1) is 8.84. The van der Waals surface area contributed by atoms with Gasteiger partial charge in [0.25, 0.3) is 0 Å². The fourth-order valence-corrected chi connectivity index (χ4v) is 5.41. The molecule has 0 radical (unpaired) electrons. The van der Waals surface area contributed by atoms with E-state index in [1.54, 1.807) is 0 Å². The van der Waals surface area contributed by atoms with Crippen molar-refractivity contribution in [2.45, 2.75) is 12.8 Å². The Morgan fingerprint density at radius 2 is 2.00 bits per heavy atom. The van der Waals surface area contributed by atoms with Crippen LogP contribution in [-0.4, -0.2) is 29.9 Å². The number of rotatable bonds is 0. The van der Waals surface area contributed by atoms with Crippen LogP contribution in [0.25, 0.3) is 19.8 Å². The average molecular weight is 321 g/mol. The second kappa shape index (κ2) is 3.89. The van der Waals surface area contributed by atoms with Gasteiger partial charge >= 0.3 is 115 Å². The van der Waals surface area contributed by atoms with E-state index >= 15 is 0 Å². The Morgan fingerprint density at radius 3 is 2.94 bits per heavy atom. The molecule has 2 heterocycles. The molecule has 5 heteroatoms. The second-order valence-electron chi connectivity index (χ2n) is 4.32. The van der Waals surface area contributed by atoms with Crippen LogP contribution in [0.15, 0.2) is 24.3 Å². The number of benzene rings is 1. The zero-order valence-corrected chi connectivity index (χ0v) is 11.8. The van der Waals surface area contributed by atoms with Gasteiger partial charge in [0, 0.05) is 0 Å². The molecule has 0 aliphatic heterocycles. The molecule has 88 valence electrons. The summed E-state index contributed by atoms with van der Waals surface area (Å²) in [5.74, 6) is 0. The molecule has 0 amide bonds. The van der Waals surface area contributed by atoms with E-state index in [4.69, 9.17) is 11.6 Å². The predicted molar refractivity (Wildman–Crippen MR) is 72.1 cm³/mol. The Bertz CT molecular complexity index is 766. The zero-order chi connectivity index (χ0) is 12.1. The van der Waals surface area contributed by atoms with Gasteiger partial charge in [0.2, 0.25) is 0 Å². The van der Waals surface area contributed by atoms with Gasteiger partial charge < -0.3 is 0 Å². The molecule has 3 nitrogen and oxygen atoms in total. The Labute approximate surface area is 115 Å². The molecule has 0 fully saturated rings. The molecule has 2 aromatic heterocycles. The Balaban J connectivity index is 2.11. The van der Waals surface area contributed by atoms with E-state index in [1.165, 1.54) is 21.1 Å². The van der Waals surface area contributed by atoms with E-state index < -0.39 is 0 Å². The van der Waals surface area contributed by atoms with Gasteiger partial charge in [-0.05, 0) is 0 Å². The van der Waals surface area contributed by atoms with Gasteiger partial charge in [0.1, 0.15) is 0 Å². The van der Waals surface area contributed by atoms with Crippen molar-refractivity contribution in [1.82, 2.24) is 15.4 Å². The van der Waals surface area contributed by atoms with Gasteiger partial charge in [-0.1, -0.05) is 0 Å². The van der Waals surface area contributed by atoms with Crippen LogP contribution in [0.4, 0.5) is 0 Å². The van der Waals surface area contributed by atoms with E-state index in [9.17, 15) is 0 Å². The Kier molecular flexibility index (Phi) is 2.31. The molecule has 3 aromatic rings. The van der Waals surface area contributed by atoms with Gasteiger partial charge in [0.05, 0.1) is 0 Å². The summed E-state index contributed by atoms with van der Waals surface area (Å²) in [6.45, 7) is 0. The number of aromatic nitrogens is 3. The predicted octanol–water partition coefficient (Wildman–Crippen LogP) is 2.50. The first kappa shape index (κ1) is 10.7. The second-order valence-corrected chi connectivity index (χ2v) is 6.82. The van der Waals surface area contributed by atoms with E-state index in [0.29, 0.717) is 5.15 Å². The van der Waals surface area contributed by atoms with E-state index in [2.05, 4.69) is 39.7 Å². The molecule has 4 rings (SSSR count). The SMILES string of the molecule is Clc1nnnc2c3c([se]c12)-c1ccccc1CC3. The van der Waals surface area contributed by atoms with Crippen LogP contribution in [0.3, 0.4) is 0 Å². The van der Waals surface area contributed by atoms with Gasteiger partial charge in [-0.15, -0.1) is 0 Å². The summed E-state index contributed by atoms with van der Waals surface area (Å²) >= 11 is 6.35. The Hall–Kier alpha value is -1.22. The molecule has 0 unspecified atom stereocenters. The molecule has 0 saturated heterocycles. The normalized spacial score (nSPS) is 13.4. The molecule has 0 atom stereocenters. The molecule has 0 N–H and O–H groups in total. The van der Waals surface area contributed by atoms with E-state index in [0.717, 1.165) is 22.6 Å². The zero-order valence-electron chi connectivity index (χ0n) is 9.35. The molecule has 0 spiro atoms. The van der Waals surface area contributed by atoms with Crippen molar-refractivity contribution in [3.63, 3.8) is 0 Å². The molecule has 0 bridgehead atoms. The van der Waals surface area contributed by atoms with Crippen LogP contribution in [0.5, 0.6) is 0 Å². The van der Waals surface area contributed by atoms with Crippen LogP contribution < -0.4 is 0 Å². The quantitative estimate of drug-likeness (QED) is 0.597. The summed E-state index contributed by atoms with van der Waals surface area (Å²) < 4.78 is 2.52. The molecule has 0 saturated carbocycles. The van der Waals surface area contributed by atoms with Crippen LogP contribution in [0.2, 0.25) is 5.15 Å². The summed E-state index contributed by atoms with van der Waals surface area (Å²) in [5, 5.41) is 12.3. The Morgan fingerprint density at radius 1 is 1.11 bits per heavy atom. The number of hydrogen-bond donors (Lipinski definition) is 0. The van der Waals surface area contributed by atoms with Crippen molar-refractivity contribution < 1.29 is 0 Å². The first-order valence-electron chi connectivity index (χ1n) is 5.73. The van der Waals surface area contributed by atoms with E-state index in [1.807, 2.05) is 0 Å². The molecule has 1 aliphatic carbocycles. The standard InChI is InChI=1S/C13H8ClN3Se/c14-13-12-10(15-17-16-13)9-6-5-7-3-1-2-4-8(7)11(9)18-12/h1-4H,5-6H2. The van der Waals surface area contributed by atoms with Gasteiger partial charge in [-0.3, -0.25) is 0 Å². The molecule has 1 aromatic carbocycles. The van der Waals surface area contributed by atoms with Gasteiger partial charge in [0.15, 0.2) is 0 Å². The van der Waals surface area contributed by atoms with Crippen molar-refractivity contribution >= 4 is 35.9 Å². The summed E-state index contributed by atoms with van der Waals surface area (Å²) in [5.41, 5.74) is 5.12. The van der Waals surface area contributed by atoms with Crippen LogP contribution >= 0.6 is 11.6 Å². The number of hydrogen-bond acceptors (Lipinski definition) is 3. The third-order valence-corrected chi connectivity index (χ3v) is 6.51. The number of halogens is 1. The van der Waals surface area contributed by atoms with Crippen LogP contribution in [0, 0.1) is 0 Å². The maximum absolute atomic E-state index is 6.14. The third kappa shape index (κ3) is 1.40. The maximum atomic E-state index is 6.14. The van der Waals surface area contributed by atoms with Crippen molar-refractivity contribution in [3.05, 3.63) is 40.5 Å².